The summed E-state index contributed by atoms with van der Waals surface area (Å²) in [6.45, 7) is 4.64. The zero-order chi connectivity index (χ0) is 20.8. The number of nitrogens with zero attached hydrogens (tertiary/aromatic N) is 1. The molecule has 3 aliphatic rings. The molecule has 2 aromatic carbocycles. The van der Waals surface area contributed by atoms with Crippen LogP contribution in [-0.4, -0.2) is 36.4 Å². The van der Waals surface area contributed by atoms with Crippen molar-refractivity contribution in [3.05, 3.63) is 71.5 Å². The Morgan fingerprint density at radius 1 is 1.03 bits per heavy atom. The van der Waals surface area contributed by atoms with Gasteiger partial charge in [0.1, 0.15) is 5.82 Å². The number of benzene rings is 2. The molecule has 0 radical (unpaired) electrons. The third kappa shape index (κ3) is 2.98. The number of fused-ring (bicyclic) bond motifs is 1. The van der Waals surface area contributed by atoms with Gasteiger partial charge in [0.15, 0.2) is 5.79 Å². The minimum absolute atomic E-state index is 0.130. The molecule has 2 aliphatic heterocycles. The molecule has 1 amide bonds. The van der Waals surface area contributed by atoms with Crippen molar-refractivity contribution < 1.29 is 18.7 Å². The first-order valence-electron chi connectivity index (χ1n) is 10.9. The first-order chi connectivity index (χ1) is 14.6. The summed E-state index contributed by atoms with van der Waals surface area (Å²) in [4.78, 5) is 16.0. The summed E-state index contributed by atoms with van der Waals surface area (Å²) in [5.74, 6) is -0.349. The van der Waals surface area contributed by atoms with E-state index in [0.717, 1.165) is 24.0 Å². The van der Waals surface area contributed by atoms with E-state index in [1.807, 2.05) is 23.1 Å². The summed E-state index contributed by atoms with van der Waals surface area (Å²) in [5.41, 5.74) is 1.47. The molecule has 1 saturated carbocycles. The van der Waals surface area contributed by atoms with Crippen LogP contribution in [0.25, 0.3) is 0 Å². The summed E-state index contributed by atoms with van der Waals surface area (Å²) in [5, 5.41) is 0. The van der Waals surface area contributed by atoms with Crippen LogP contribution in [-0.2, 0) is 26.2 Å². The fourth-order valence-corrected chi connectivity index (χ4v) is 6.01. The molecular formula is C25H28FNO3. The Hall–Kier alpha value is -2.24. The van der Waals surface area contributed by atoms with Crippen molar-refractivity contribution in [2.75, 3.05) is 19.8 Å². The van der Waals surface area contributed by atoms with Crippen LogP contribution in [0.3, 0.4) is 0 Å². The third-order valence-corrected chi connectivity index (χ3v) is 7.53. The normalized spacial score (nSPS) is 30.5. The average Bonchev–Trinajstić information content (AvgIpc) is 3.25. The molecule has 3 atom stereocenters. The maximum Gasteiger partial charge on any atom is 0.233 e. The van der Waals surface area contributed by atoms with Crippen LogP contribution in [0.5, 0.6) is 0 Å². The lowest BCUT2D eigenvalue weighted by Crippen LogP contribution is -2.64. The maximum absolute atomic E-state index is 14.1. The van der Waals surface area contributed by atoms with Crippen LogP contribution in [0.1, 0.15) is 37.3 Å². The van der Waals surface area contributed by atoms with E-state index in [4.69, 9.17) is 9.47 Å². The van der Waals surface area contributed by atoms with Gasteiger partial charge in [-0.25, -0.2) is 4.39 Å². The van der Waals surface area contributed by atoms with Gasteiger partial charge in [0, 0.05) is 25.4 Å². The van der Waals surface area contributed by atoms with Crippen molar-refractivity contribution in [2.45, 2.75) is 43.9 Å². The highest BCUT2D eigenvalue weighted by atomic mass is 19.1. The molecule has 30 heavy (non-hydrogen) atoms. The summed E-state index contributed by atoms with van der Waals surface area (Å²) in [6.07, 6.45) is 2.33. The Bertz CT molecular complexity index is 910. The van der Waals surface area contributed by atoms with Crippen LogP contribution in [0, 0.1) is 17.7 Å². The summed E-state index contributed by atoms with van der Waals surface area (Å²) < 4.78 is 25.5. The van der Waals surface area contributed by atoms with Crippen molar-refractivity contribution in [1.29, 1.82) is 0 Å². The number of likely N-dealkylation sites (tertiary alicyclic amines) is 1. The molecule has 5 heteroatoms. The van der Waals surface area contributed by atoms with Gasteiger partial charge in [0.2, 0.25) is 5.91 Å². The van der Waals surface area contributed by atoms with E-state index < -0.39 is 11.2 Å². The molecule has 1 aliphatic carbocycles. The van der Waals surface area contributed by atoms with Gasteiger partial charge in [-0.05, 0) is 42.0 Å². The second-order valence-corrected chi connectivity index (χ2v) is 8.88. The second kappa shape index (κ2) is 7.47. The average molecular weight is 410 g/mol. The van der Waals surface area contributed by atoms with Gasteiger partial charge < -0.3 is 14.4 Å². The third-order valence-electron chi connectivity index (χ3n) is 7.53. The number of hydrogen-bond acceptors (Lipinski definition) is 3. The van der Waals surface area contributed by atoms with E-state index in [1.165, 1.54) is 12.1 Å². The van der Waals surface area contributed by atoms with E-state index in [9.17, 15) is 9.18 Å². The molecule has 0 aromatic heterocycles. The second-order valence-electron chi connectivity index (χ2n) is 8.88. The summed E-state index contributed by atoms with van der Waals surface area (Å²) in [7, 11) is 0. The van der Waals surface area contributed by atoms with E-state index >= 15 is 0 Å². The van der Waals surface area contributed by atoms with Crippen molar-refractivity contribution in [1.82, 2.24) is 4.90 Å². The van der Waals surface area contributed by atoms with Crippen molar-refractivity contribution in [3.8, 4) is 0 Å². The first-order valence-corrected chi connectivity index (χ1v) is 10.9. The molecule has 3 fully saturated rings. The SMILES string of the molecule is C[C@H]1[C@@H]2CCN(Cc3ccc(F)cc3)C(=O)[C@@]2(c2ccccc2)CCC12OCCO2. The highest BCUT2D eigenvalue weighted by molar-refractivity contribution is 5.90. The van der Waals surface area contributed by atoms with Crippen molar-refractivity contribution >= 4 is 5.91 Å². The Balaban J connectivity index is 1.51. The number of halogens is 1. The van der Waals surface area contributed by atoms with E-state index in [0.29, 0.717) is 32.7 Å². The number of amides is 1. The van der Waals surface area contributed by atoms with E-state index in [2.05, 4.69) is 19.1 Å². The van der Waals surface area contributed by atoms with Gasteiger partial charge in [0.25, 0.3) is 0 Å². The lowest BCUT2D eigenvalue weighted by molar-refractivity contribution is -0.238. The molecule has 2 saturated heterocycles. The highest BCUT2D eigenvalue weighted by Gasteiger charge is 2.62. The Morgan fingerprint density at radius 3 is 2.43 bits per heavy atom. The molecule has 158 valence electrons. The van der Waals surface area contributed by atoms with Gasteiger partial charge in [-0.3, -0.25) is 4.79 Å². The maximum atomic E-state index is 14.1. The molecule has 2 aromatic rings. The summed E-state index contributed by atoms with van der Waals surface area (Å²) >= 11 is 0. The highest BCUT2D eigenvalue weighted by Crippen LogP contribution is 2.56. The van der Waals surface area contributed by atoms with E-state index in [1.54, 1.807) is 12.1 Å². The number of piperidine rings is 1. The Kier molecular flexibility index (Phi) is 4.91. The minimum atomic E-state index is -0.570. The van der Waals surface area contributed by atoms with Crippen LogP contribution >= 0.6 is 0 Å². The van der Waals surface area contributed by atoms with Gasteiger partial charge in [-0.15, -0.1) is 0 Å². The lowest BCUT2D eigenvalue weighted by Gasteiger charge is -2.56. The van der Waals surface area contributed by atoms with Gasteiger partial charge in [-0.1, -0.05) is 49.4 Å². The number of carbonyl (C=O) groups is 1. The topological polar surface area (TPSA) is 38.8 Å². The van der Waals surface area contributed by atoms with Crippen LogP contribution in [0.2, 0.25) is 0 Å². The predicted octanol–water partition coefficient (Wildman–Crippen LogP) is 4.29. The fourth-order valence-electron chi connectivity index (χ4n) is 6.01. The lowest BCUT2D eigenvalue weighted by atomic mass is 9.54. The van der Waals surface area contributed by atoms with Crippen molar-refractivity contribution in [3.63, 3.8) is 0 Å². The van der Waals surface area contributed by atoms with Crippen LogP contribution in [0.15, 0.2) is 54.6 Å². The number of carbonyl (C=O) groups excluding carboxylic acids is 1. The van der Waals surface area contributed by atoms with Crippen molar-refractivity contribution in [2.24, 2.45) is 11.8 Å². The standard InChI is InChI=1S/C25H28FNO3/c1-18-22-11-14-27(17-19-7-9-21(26)10-8-19)23(28)24(22,20-5-3-2-4-6-20)12-13-25(18)29-15-16-30-25/h2-10,18,22H,11-17H2,1H3/t18-,22-,24+/m0/s1. The molecule has 1 spiro atoms. The molecule has 0 N–H and O–H groups in total. The Labute approximate surface area is 177 Å². The quantitative estimate of drug-likeness (QED) is 0.759. The fraction of sp³-hybridized carbons (Fsp3) is 0.480. The minimum Gasteiger partial charge on any atom is -0.347 e. The molecule has 0 unspecified atom stereocenters. The zero-order valence-corrected chi connectivity index (χ0v) is 17.4. The summed E-state index contributed by atoms with van der Waals surface area (Å²) in [6, 6.07) is 16.7. The van der Waals surface area contributed by atoms with Gasteiger partial charge >= 0.3 is 0 Å². The zero-order valence-electron chi connectivity index (χ0n) is 17.4. The molecule has 5 rings (SSSR count). The Morgan fingerprint density at radius 2 is 1.73 bits per heavy atom. The van der Waals surface area contributed by atoms with Gasteiger partial charge in [0.05, 0.1) is 18.6 Å². The first kappa shape index (κ1) is 19.7. The molecule has 0 bridgehead atoms. The number of rotatable bonds is 3. The smallest absolute Gasteiger partial charge is 0.233 e. The largest absolute Gasteiger partial charge is 0.347 e. The van der Waals surface area contributed by atoms with Crippen LogP contribution in [0.4, 0.5) is 4.39 Å². The van der Waals surface area contributed by atoms with E-state index in [-0.39, 0.29) is 23.6 Å². The van der Waals surface area contributed by atoms with Gasteiger partial charge in [-0.2, -0.15) is 0 Å². The van der Waals surface area contributed by atoms with Crippen LogP contribution < -0.4 is 0 Å². The molecule has 4 nitrogen and oxygen atoms in total. The number of ether oxygens (including phenoxy) is 2. The molecular weight excluding hydrogens is 381 g/mol. The predicted molar refractivity (Wildman–Crippen MR) is 111 cm³/mol. The molecule has 2 heterocycles. The number of hydrogen-bond donors (Lipinski definition) is 0. The monoisotopic (exact) mass is 409 g/mol.